The molecule has 98 valence electrons. The summed E-state index contributed by atoms with van der Waals surface area (Å²) in [6, 6.07) is 7.61. The van der Waals surface area contributed by atoms with Crippen molar-refractivity contribution in [3.63, 3.8) is 0 Å². The van der Waals surface area contributed by atoms with Crippen molar-refractivity contribution in [1.29, 1.82) is 0 Å². The number of nitrogens with two attached hydrogens (primary N) is 1. The third-order valence-electron chi connectivity index (χ3n) is 3.63. The van der Waals surface area contributed by atoms with Crippen molar-refractivity contribution in [3.05, 3.63) is 29.8 Å². The molecule has 1 aromatic carbocycles. The predicted octanol–water partition coefficient (Wildman–Crippen LogP) is 2.04. The Morgan fingerprint density at radius 2 is 2.28 bits per heavy atom. The first-order chi connectivity index (χ1) is 8.67. The van der Waals surface area contributed by atoms with Crippen LogP contribution in [0.4, 0.5) is 5.69 Å². The summed E-state index contributed by atoms with van der Waals surface area (Å²) in [5, 5.41) is 2.90. The number of anilines is 1. The molecular formula is C14H20N2O2. The Labute approximate surface area is 108 Å². The Morgan fingerprint density at radius 3 is 2.83 bits per heavy atom. The molecule has 1 aromatic rings. The molecule has 1 aliphatic carbocycles. The van der Waals surface area contributed by atoms with E-state index in [2.05, 4.69) is 5.32 Å². The van der Waals surface area contributed by atoms with E-state index in [-0.39, 0.29) is 11.5 Å². The van der Waals surface area contributed by atoms with Gasteiger partial charge in [0, 0.05) is 19.3 Å². The summed E-state index contributed by atoms with van der Waals surface area (Å²) in [5.41, 5.74) is 7.16. The zero-order chi connectivity index (χ0) is 13.0. The standard InChI is InChI=1S/C14H20N2O2/c1-18-14(6-3-7-14)9-13(17)16-12-5-2-4-11(8-12)10-15/h2,4-5,8H,3,6-7,9-10,15H2,1H3,(H,16,17). The Balaban J connectivity index is 1.94. The van der Waals surface area contributed by atoms with Crippen LogP contribution in [0.2, 0.25) is 0 Å². The van der Waals surface area contributed by atoms with Gasteiger partial charge in [-0.2, -0.15) is 0 Å². The second-order valence-corrected chi connectivity index (χ2v) is 4.87. The highest BCUT2D eigenvalue weighted by Gasteiger charge is 2.38. The number of hydrogen-bond donors (Lipinski definition) is 2. The van der Waals surface area contributed by atoms with Gasteiger partial charge in [0.1, 0.15) is 0 Å². The van der Waals surface area contributed by atoms with Crippen LogP contribution in [0.25, 0.3) is 0 Å². The molecule has 0 saturated heterocycles. The van der Waals surface area contributed by atoms with Crippen molar-refractivity contribution in [3.8, 4) is 0 Å². The number of amides is 1. The molecule has 0 aliphatic heterocycles. The van der Waals surface area contributed by atoms with Crippen LogP contribution in [0.5, 0.6) is 0 Å². The van der Waals surface area contributed by atoms with Gasteiger partial charge in [0.25, 0.3) is 0 Å². The summed E-state index contributed by atoms with van der Waals surface area (Å²) < 4.78 is 5.45. The quantitative estimate of drug-likeness (QED) is 0.838. The molecule has 0 unspecified atom stereocenters. The smallest absolute Gasteiger partial charge is 0.227 e. The van der Waals surface area contributed by atoms with Crippen molar-refractivity contribution in [1.82, 2.24) is 0 Å². The van der Waals surface area contributed by atoms with E-state index in [4.69, 9.17) is 10.5 Å². The number of nitrogens with one attached hydrogen (secondary N) is 1. The van der Waals surface area contributed by atoms with Gasteiger partial charge in [-0.05, 0) is 37.0 Å². The Bertz CT molecular complexity index is 422. The molecule has 2 rings (SSSR count). The highest BCUT2D eigenvalue weighted by atomic mass is 16.5. The number of carbonyl (C=O) groups is 1. The summed E-state index contributed by atoms with van der Waals surface area (Å²) in [6.07, 6.45) is 3.51. The van der Waals surface area contributed by atoms with Crippen LogP contribution in [-0.4, -0.2) is 18.6 Å². The second-order valence-electron chi connectivity index (χ2n) is 4.87. The molecule has 1 aliphatic rings. The maximum absolute atomic E-state index is 12.0. The minimum Gasteiger partial charge on any atom is -0.378 e. The first-order valence-corrected chi connectivity index (χ1v) is 6.31. The minimum absolute atomic E-state index is 0.00530. The van der Waals surface area contributed by atoms with Gasteiger partial charge in [0.05, 0.1) is 12.0 Å². The summed E-state index contributed by atoms with van der Waals surface area (Å²) in [4.78, 5) is 12.0. The largest absolute Gasteiger partial charge is 0.378 e. The third kappa shape index (κ3) is 2.89. The van der Waals surface area contributed by atoms with Gasteiger partial charge < -0.3 is 15.8 Å². The predicted molar refractivity (Wildman–Crippen MR) is 71.2 cm³/mol. The van der Waals surface area contributed by atoms with Crippen LogP contribution in [0, 0.1) is 0 Å². The van der Waals surface area contributed by atoms with Crippen LogP contribution in [0.1, 0.15) is 31.2 Å². The first kappa shape index (κ1) is 13.1. The van der Waals surface area contributed by atoms with Gasteiger partial charge in [-0.3, -0.25) is 4.79 Å². The average Bonchev–Trinajstić information content (AvgIpc) is 2.34. The summed E-state index contributed by atoms with van der Waals surface area (Å²) >= 11 is 0. The molecule has 4 nitrogen and oxygen atoms in total. The maximum atomic E-state index is 12.0. The van der Waals surface area contributed by atoms with Gasteiger partial charge in [-0.25, -0.2) is 0 Å². The van der Waals surface area contributed by atoms with E-state index in [0.717, 1.165) is 30.5 Å². The van der Waals surface area contributed by atoms with Crippen molar-refractivity contribution >= 4 is 11.6 Å². The molecule has 3 N–H and O–H groups in total. The summed E-state index contributed by atoms with van der Waals surface area (Å²) in [7, 11) is 1.68. The second kappa shape index (κ2) is 5.50. The highest BCUT2D eigenvalue weighted by Crippen LogP contribution is 2.38. The number of benzene rings is 1. The van der Waals surface area contributed by atoms with E-state index in [9.17, 15) is 4.79 Å². The fourth-order valence-electron chi connectivity index (χ4n) is 2.30. The molecule has 0 atom stereocenters. The van der Waals surface area contributed by atoms with E-state index in [0.29, 0.717) is 13.0 Å². The fraction of sp³-hybridized carbons (Fsp3) is 0.500. The van der Waals surface area contributed by atoms with Gasteiger partial charge in [0.2, 0.25) is 5.91 Å². The summed E-state index contributed by atoms with van der Waals surface area (Å²) in [5.74, 6) is 0.00530. The van der Waals surface area contributed by atoms with E-state index in [1.165, 1.54) is 0 Å². The number of methoxy groups -OCH3 is 1. The van der Waals surface area contributed by atoms with E-state index >= 15 is 0 Å². The molecule has 1 saturated carbocycles. The lowest BCUT2D eigenvalue weighted by Crippen LogP contribution is -2.42. The Hall–Kier alpha value is -1.39. The molecule has 0 aromatic heterocycles. The van der Waals surface area contributed by atoms with Crippen molar-refractivity contribution < 1.29 is 9.53 Å². The molecule has 0 radical (unpaired) electrons. The van der Waals surface area contributed by atoms with Crippen LogP contribution in [-0.2, 0) is 16.1 Å². The summed E-state index contributed by atoms with van der Waals surface area (Å²) in [6.45, 7) is 0.478. The number of carbonyl (C=O) groups excluding carboxylic acids is 1. The monoisotopic (exact) mass is 248 g/mol. The van der Waals surface area contributed by atoms with Gasteiger partial charge in [-0.15, -0.1) is 0 Å². The van der Waals surface area contributed by atoms with Crippen molar-refractivity contribution in [2.24, 2.45) is 5.73 Å². The van der Waals surface area contributed by atoms with Crippen molar-refractivity contribution in [2.45, 2.75) is 37.8 Å². The Morgan fingerprint density at radius 1 is 1.50 bits per heavy atom. The SMILES string of the molecule is COC1(CC(=O)Nc2cccc(CN)c2)CCC1. The lowest BCUT2D eigenvalue weighted by molar-refractivity contribution is -0.129. The van der Waals surface area contributed by atoms with Crippen LogP contribution >= 0.6 is 0 Å². The van der Waals surface area contributed by atoms with Crippen molar-refractivity contribution in [2.75, 3.05) is 12.4 Å². The van der Waals surface area contributed by atoms with E-state index < -0.39 is 0 Å². The number of hydrogen-bond acceptors (Lipinski definition) is 3. The molecule has 1 fully saturated rings. The third-order valence-corrected chi connectivity index (χ3v) is 3.63. The van der Waals surface area contributed by atoms with E-state index in [1.807, 2.05) is 24.3 Å². The van der Waals surface area contributed by atoms with Gasteiger partial charge >= 0.3 is 0 Å². The lowest BCUT2D eigenvalue weighted by atomic mass is 9.77. The Kier molecular flexibility index (Phi) is 3.99. The minimum atomic E-state index is -0.227. The maximum Gasteiger partial charge on any atom is 0.227 e. The molecule has 0 spiro atoms. The fourth-order valence-corrected chi connectivity index (χ4v) is 2.30. The van der Waals surface area contributed by atoms with Crippen LogP contribution in [0.15, 0.2) is 24.3 Å². The molecular weight excluding hydrogens is 228 g/mol. The number of ether oxygens (including phenoxy) is 1. The topological polar surface area (TPSA) is 64.3 Å². The molecule has 1 amide bonds. The number of rotatable bonds is 5. The molecule has 4 heteroatoms. The normalized spacial score (nSPS) is 17.0. The van der Waals surface area contributed by atoms with Gasteiger partial charge in [0.15, 0.2) is 0 Å². The lowest BCUT2D eigenvalue weighted by Gasteiger charge is -2.39. The van der Waals surface area contributed by atoms with Crippen LogP contribution in [0.3, 0.4) is 0 Å². The molecule has 0 bridgehead atoms. The highest BCUT2D eigenvalue weighted by molar-refractivity contribution is 5.91. The van der Waals surface area contributed by atoms with Gasteiger partial charge in [-0.1, -0.05) is 12.1 Å². The average molecular weight is 248 g/mol. The first-order valence-electron chi connectivity index (χ1n) is 6.31. The molecule has 18 heavy (non-hydrogen) atoms. The van der Waals surface area contributed by atoms with Crippen LogP contribution < -0.4 is 11.1 Å². The molecule has 0 heterocycles. The zero-order valence-electron chi connectivity index (χ0n) is 10.7. The zero-order valence-corrected chi connectivity index (χ0v) is 10.7. The van der Waals surface area contributed by atoms with E-state index in [1.54, 1.807) is 7.11 Å².